The van der Waals surface area contributed by atoms with Gasteiger partial charge in [-0.05, 0) is 49.3 Å². The van der Waals surface area contributed by atoms with Crippen molar-refractivity contribution in [1.82, 2.24) is 5.32 Å². The van der Waals surface area contributed by atoms with Gasteiger partial charge in [0.1, 0.15) is 0 Å². The smallest absolute Gasteiger partial charge is 0.0136 e. The number of rotatable bonds is 5. The molecule has 1 aromatic carbocycles. The van der Waals surface area contributed by atoms with Gasteiger partial charge >= 0.3 is 0 Å². The fraction of sp³-hybridized carbons (Fsp3) is 0.667. The molecule has 1 aromatic rings. The lowest BCUT2D eigenvalue weighted by Crippen LogP contribution is -2.34. The highest BCUT2D eigenvalue weighted by Gasteiger charge is 2.24. The molecule has 1 saturated carbocycles. The molecule has 0 spiro atoms. The summed E-state index contributed by atoms with van der Waals surface area (Å²) in [6.07, 6.45) is 9.27. The van der Waals surface area contributed by atoms with Crippen LogP contribution in [0.4, 0.5) is 0 Å². The third-order valence-corrected chi connectivity index (χ3v) is 4.49. The Hall–Kier alpha value is -0.820. The molecule has 0 amide bonds. The molecule has 1 N–H and O–H groups in total. The van der Waals surface area contributed by atoms with E-state index in [1.807, 2.05) is 0 Å². The van der Waals surface area contributed by atoms with Gasteiger partial charge in [0.25, 0.3) is 0 Å². The summed E-state index contributed by atoms with van der Waals surface area (Å²) in [5.41, 5.74) is 3.00. The molecule has 1 aliphatic carbocycles. The first kappa shape index (κ1) is 14.6. The lowest BCUT2D eigenvalue weighted by Gasteiger charge is -2.27. The minimum absolute atomic E-state index is 0.690. The summed E-state index contributed by atoms with van der Waals surface area (Å²) in [4.78, 5) is 0. The zero-order valence-electron chi connectivity index (χ0n) is 12.6. The van der Waals surface area contributed by atoms with Crippen LogP contribution in [0.3, 0.4) is 0 Å². The monoisotopic (exact) mass is 259 g/mol. The Morgan fingerprint density at radius 1 is 1.00 bits per heavy atom. The summed E-state index contributed by atoms with van der Waals surface area (Å²) in [5.74, 6) is 0.722. The van der Waals surface area contributed by atoms with Crippen molar-refractivity contribution in [3.05, 3.63) is 35.4 Å². The maximum atomic E-state index is 3.79. The summed E-state index contributed by atoms with van der Waals surface area (Å²) in [5, 5.41) is 3.79. The van der Waals surface area contributed by atoms with E-state index in [0.29, 0.717) is 6.04 Å². The third-order valence-electron chi connectivity index (χ3n) is 4.49. The summed E-state index contributed by atoms with van der Waals surface area (Å²) >= 11 is 0. The quantitative estimate of drug-likeness (QED) is 0.758. The zero-order chi connectivity index (χ0) is 13.5. The van der Waals surface area contributed by atoms with Gasteiger partial charge in [0.15, 0.2) is 0 Å². The van der Waals surface area contributed by atoms with Crippen molar-refractivity contribution in [2.45, 2.75) is 70.8 Å². The molecule has 0 saturated heterocycles. The Balaban J connectivity index is 2.10. The average molecular weight is 259 g/mol. The van der Waals surface area contributed by atoms with Gasteiger partial charge in [0.05, 0.1) is 0 Å². The predicted molar refractivity (Wildman–Crippen MR) is 83.7 cm³/mol. The maximum Gasteiger partial charge on any atom is 0.0136 e. The highest BCUT2D eigenvalue weighted by Crippen LogP contribution is 2.32. The van der Waals surface area contributed by atoms with Crippen molar-refractivity contribution in [2.24, 2.45) is 0 Å². The molecular weight excluding hydrogens is 230 g/mol. The van der Waals surface area contributed by atoms with Gasteiger partial charge in [-0.3, -0.25) is 0 Å². The Bertz CT molecular complexity index is 354. The third kappa shape index (κ3) is 4.07. The molecule has 2 unspecified atom stereocenters. The van der Waals surface area contributed by atoms with Crippen LogP contribution in [-0.2, 0) is 6.42 Å². The van der Waals surface area contributed by atoms with Crippen LogP contribution in [0, 0.1) is 0 Å². The number of benzene rings is 1. The summed E-state index contributed by atoms with van der Waals surface area (Å²) in [7, 11) is 0. The van der Waals surface area contributed by atoms with E-state index in [2.05, 4.69) is 43.4 Å². The maximum absolute atomic E-state index is 3.79. The first-order valence-corrected chi connectivity index (χ1v) is 8.17. The fourth-order valence-corrected chi connectivity index (χ4v) is 3.28. The molecule has 106 valence electrons. The molecule has 1 heteroatoms. The van der Waals surface area contributed by atoms with Gasteiger partial charge in [0, 0.05) is 6.04 Å². The van der Waals surface area contributed by atoms with Crippen molar-refractivity contribution in [2.75, 3.05) is 6.54 Å². The molecule has 0 aromatic heterocycles. The van der Waals surface area contributed by atoms with Crippen molar-refractivity contribution in [3.63, 3.8) is 0 Å². The first-order chi connectivity index (χ1) is 9.35. The van der Waals surface area contributed by atoms with E-state index < -0.39 is 0 Å². The molecule has 2 rings (SSSR count). The zero-order valence-corrected chi connectivity index (χ0v) is 12.6. The predicted octanol–water partition coefficient (Wildman–Crippen LogP) is 4.66. The van der Waals surface area contributed by atoms with Gasteiger partial charge in [-0.2, -0.15) is 0 Å². The second-order valence-corrected chi connectivity index (χ2v) is 5.90. The Kier molecular flexibility index (Phi) is 5.91. The number of hydrogen-bond acceptors (Lipinski definition) is 1. The highest BCUT2D eigenvalue weighted by atomic mass is 14.9. The number of hydrogen-bond donors (Lipinski definition) is 1. The van der Waals surface area contributed by atoms with Crippen LogP contribution in [0.1, 0.15) is 69.4 Å². The van der Waals surface area contributed by atoms with E-state index in [-0.39, 0.29) is 0 Å². The van der Waals surface area contributed by atoms with Crippen LogP contribution >= 0.6 is 0 Å². The summed E-state index contributed by atoms with van der Waals surface area (Å²) in [6.45, 7) is 5.65. The Labute approximate surface area is 118 Å². The minimum Gasteiger partial charge on any atom is -0.313 e. The lowest BCUT2D eigenvalue weighted by molar-refractivity contribution is 0.411. The highest BCUT2D eigenvalue weighted by molar-refractivity contribution is 5.26. The first-order valence-electron chi connectivity index (χ1n) is 8.17. The van der Waals surface area contributed by atoms with Crippen LogP contribution in [0.15, 0.2) is 24.3 Å². The molecule has 0 heterocycles. The SMILES string of the molecule is CCCNC1CCCCCC1c1ccc(CC)cc1. The van der Waals surface area contributed by atoms with E-state index in [9.17, 15) is 0 Å². The van der Waals surface area contributed by atoms with Crippen LogP contribution in [0.5, 0.6) is 0 Å². The molecule has 1 aliphatic rings. The van der Waals surface area contributed by atoms with E-state index in [4.69, 9.17) is 0 Å². The molecular formula is C18H29N. The molecule has 1 nitrogen and oxygen atoms in total. The summed E-state index contributed by atoms with van der Waals surface area (Å²) < 4.78 is 0. The van der Waals surface area contributed by atoms with Crippen LogP contribution < -0.4 is 5.32 Å². The molecule has 0 bridgehead atoms. The molecule has 2 atom stereocenters. The standard InChI is InChI=1S/C18H29N/c1-3-14-19-18-9-7-5-6-8-17(18)16-12-10-15(4-2)11-13-16/h10-13,17-19H,3-9,14H2,1-2H3. The Morgan fingerprint density at radius 3 is 2.42 bits per heavy atom. The van der Waals surface area contributed by atoms with E-state index in [1.165, 1.54) is 44.1 Å². The topological polar surface area (TPSA) is 12.0 Å². The Morgan fingerprint density at radius 2 is 1.74 bits per heavy atom. The van der Waals surface area contributed by atoms with Crippen LogP contribution in [0.25, 0.3) is 0 Å². The van der Waals surface area contributed by atoms with Crippen molar-refractivity contribution in [1.29, 1.82) is 0 Å². The summed E-state index contributed by atoms with van der Waals surface area (Å²) in [6, 6.07) is 10.1. The van der Waals surface area contributed by atoms with Gasteiger partial charge < -0.3 is 5.32 Å². The van der Waals surface area contributed by atoms with Crippen molar-refractivity contribution in [3.8, 4) is 0 Å². The second kappa shape index (κ2) is 7.69. The van der Waals surface area contributed by atoms with Crippen molar-refractivity contribution >= 4 is 0 Å². The molecule has 0 radical (unpaired) electrons. The van der Waals surface area contributed by atoms with E-state index in [1.54, 1.807) is 5.56 Å². The van der Waals surface area contributed by atoms with Gasteiger partial charge in [-0.1, -0.05) is 57.4 Å². The minimum atomic E-state index is 0.690. The molecule has 1 fully saturated rings. The van der Waals surface area contributed by atoms with Crippen LogP contribution in [-0.4, -0.2) is 12.6 Å². The van der Waals surface area contributed by atoms with Gasteiger partial charge in [0.2, 0.25) is 0 Å². The molecule has 19 heavy (non-hydrogen) atoms. The average Bonchev–Trinajstić information content (AvgIpc) is 2.70. The van der Waals surface area contributed by atoms with Gasteiger partial charge in [-0.15, -0.1) is 0 Å². The van der Waals surface area contributed by atoms with Crippen LogP contribution in [0.2, 0.25) is 0 Å². The fourth-order valence-electron chi connectivity index (χ4n) is 3.28. The lowest BCUT2D eigenvalue weighted by atomic mass is 9.87. The number of nitrogens with one attached hydrogen (secondary N) is 1. The van der Waals surface area contributed by atoms with E-state index in [0.717, 1.165) is 18.9 Å². The van der Waals surface area contributed by atoms with E-state index >= 15 is 0 Å². The van der Waals surface area contributed by atoms with Crippen molar-refractivity contribution < 1.29 is 0 Å². The van der Waals surface area contributed by atoms with Gasteiger partial charge in [-0.25, -0.2) is 0 Å². The largest absolute Gasteiger partial charge is 0.313 e. The second-order valence-electron chi connectivity index (χ2n) is 5.90. The normalized spacial score (nSPS) is 24.1. The molecule has 0 aliphatic heterocycles. The number of aryl methyl sites for hydroxylation is 1.